The van der Waals surface area contributed by atoms with Crippen LogP contribution in [0.15, 0.2) is 33.6 Å². The lowest BCUT2D eigenvalue weighted by Gasteiger charge is -2.12. The number of imidazole rings is 1. The van der Waals surface area contributed by atoms with E-state index in [0.29, 0.717) is 27.3 Å². The topological polar surface area (TPSA) is 64.3 Å². The van der Waals surface area contributed by atoms with Crippen molar-refractivity contribution >= 4 is 37.8 Å². The largest absolute Gasteiger partial charge is 0.485 e. The Labute approximate surface area is 138 Å². The monoisotopic (exact) mass is 414 g/mol. The minimum Gasteiger partial charge on any atom is -0.485 e. The lowest BCUT2D eigenvalue weighted by molar-refractivity contribution is 0.0696. The van der Waals surface area contributed by atoms with Crippen molar-refractivity contribution in [3.8, 4) is 5.75 Å². The molecular weight excluding hydrogens is 404 g/mol. The Balaban J connectivity index is 1.78. The molecule has 0 atom stereocenters. The van der Waals surface area contributed by atoms with Crippen molar-refractivity contribution in [3.05, 3.63) is 44.9 Å². The van der Waals surface area contributed by atoms with Gasteiger partial charge in [-0.1, -0.05) is 0 Å². The van der Waals surface area contributed by atoms with E-state index in [1.165, 1.54) is 25.0 Å². The third-order valence-electron chi connectivity index (χ3n) is 3.30. The quantitative estimate of drug-likeness (QED) is 0.800. The molecule has 0 spiro atoms. The lowest BCUT2D eigenvalue weighted by Crippen LogP contribution is -2.05. The van der Waals surface area contributed by atoms with E-state index >= 15 is 0 Å². The lowest BCUT2D eigenvalue weighted by atomic mass is 10.2. The van der Waals surface area contributed by atoms with E-state index in [9.17, 15) is 4.79 Å². The smallest absolute Gasteiger partial charge is 0.335 e. The van der Waals surface area contributed by atoms with Crippen LogP contribution in [-0.2, 0) is 6.61 Å². The molecule has 0 bridgehead atoms. The highest BCUT2D eigenvalue weighted by atomic mass is 79.9. The number of aromatic nitrogens is 2. The Kier molecular flexibility index (Phi) is 4.03. The molecule has 3 rings (SSSR count). The molecule has 1 aliphatic rings. The van der Waals surface area contributed by atoms with Crippen LogP contribution >= 0.6 is 31.9 Å². The van der Waals surface area contributed by atoms with Crippen molar-refractivity contribution in [1.82, 2.24) is 9.55 Å². The third-order valence-corrected chi connectivity index (χ3v) is 4.47. The molecule has 21 heavy (non-hydrogen) atoms. The predicted molar refractivity (Wildman–Crippen MR) is 83.6 cm³/mol. The fourth-order valence-electron chi connectivity index (χ4n) is 2.09. The molecule has 0 saturated heterocycles. The van der Waals surface area contributed by atoms with Crippen LogP contribution in [0, 0.1) is 0 Å². The number of benzene rings is 1. The van der Waals surface area contributed by atoms with E-state index < -0.39 is 5.97 Å². The second kappa shape index (κ2) is 5.81. The summed E-state index contributed by atoms with van der Waals surface area (Å²) in [5, 5.41) is 9.02. The van der Waals surface area contributed by atoms with Crippen molar-refractivity contribution < 1.29 is 14.6 Å². The van der Waals surface area contributed by atoms with Crippen molar-refractivity contribution in [1.29, 1.82) is 0 Å². The van der Waals surface area contributed by atoms with Gasteiger partial charge in [-0.3, -0.25) is 0 Å². The maximum atomic E-state index is 11.0. The van der Waals surface area contributed by atoms with Crippen molar-refractivity contribution in [2.45, 2.75) is 25.5 Å². The molecular formula is C14H12Br2N2O3. The zero-order valence-corrected chi connectivity index (χ0v) is 14.1. The van der Waals surface area contributed by atoms with Crippen LogP contribution in [0.25, 0.3) is 0 Å². The molecule has 0 radical (unpaired) electrons. The van der Waals surface area contributed by atoms with Gasteiger partial charge in [-0.05, 0) is 56.8 Å². The highest BCUT2D eigenvalue weighted by Gasteiger charge is 2.25. The molecule has 0 aliphatic heterocycles. The molecule has 1 N–H and O–H groups in total. The molecule has 0 amide bonds. The van der Waals surface area contributed by atoms with Crippen LogP contribution < -0.4 is 4.74 Å². The Morgan fingerprint density at radius 2 is 2.05 bits per heavy atom. The number of halogens is 2. The van der Waals surface area contributed by atoms with Gasteiger partial charge in [0.05, 0.1) is 32.7 Å². The van der Waals surface area contributed by atoms with Crippen molar-refractivity contribution in [3.63, 3.8) is 0 Å². The fraction of sp³-hybridized carbons (Fsp3) is 0.286. The summed E-state index contributed by atoms with van der Waals surface area (Å²) in [5.74, 6) is -0.390. The zero-order chi connectivity index (χ0) is 15.0. The number of carboxylic acids is 1. The first-order valence-corrected chi connectivity index (χ1v) is 8.00. The second-order valence-electron chi connectivity index (χ2n) is 4.89. The number of carboxylic acid groups (broad SMARTS) is 1. The summed E-state index contributed by atoms with van der Waals surface area (Å²) in [6.07, 6.45) is 5.99. The SMILES string of the molecule is O=C(O)c1cc(Br)c(OCc2cncn2C2CC2)c(Br)c1. The Bertz CT molecular complexity index is 672. The molecule has 0 unspecified atom stereocenters. The summed E-state index contributed by atoms with van der Waals surface area (Å²) in [4.78, 5) is 15.2. The summed E-state index contributed by atoms with van der Waals surface area (Å²) >= 11 is 6.70. The van der Waals surface area contributed by atoms with Crippen LogP contribution in [0.2, 0.25) is 0 Å². The van der Waals surface area contributed by atoms with E-state index in [0.717, 1.165) is 5.69 Å². The second-order valence-corrected chi connectivity index (χ2v) is 6.59. The highest BCUT2D eigenvalue weighted by molar-refractivity contribution is 9.11. The highest BCUT2D eigenvalue weighted by Crippen LogP contribution is 2.37. The Hall–Kier alpha value is -1.34. The molecule has 1 fully saturated rings. The van der Waals surface area contributed by atoms with Gasteiger partial charge < -0.3 is 14.4 Å². The van der Waals surface area contributed by atoms with Gasteiger partial charge in [0.1, 0.15) is 12.4 Å². The minimum absolute atomic E-state index is 0.198. The first-order valence-electron chi connectivity index (χ1n) is 6.42. The van der Waals surface area contributed by atoms with E-state index in [1.807, 2.05) is 6.33 Å². The number of aromatic carboxylic acids is 1. The van der Waals surface area contributed by atoms with Gasteiger partial charge >= 0.3 is 5.97 Å². The van der Waals surface area contributed by atoms with E-state index in [-0.39, 0.29) is 5.56 Å². The summed E-state index contributed by atoms with van der Waals surface area (Å²) in [7, 11) is 0. The normalized spacial score (nSPS) is 14.2. The number of hydrogen-bond donors (Lipinski definition) is 1. The number of rotatable bonds is 5. The van der Waals surface area contributed by atoms with E-state index in [2.05, 4.69) is 41.4 Å². The predicted octanol–water partition coefficient (Wildman–Crippen LogP) is 4.02. The molecule has 5 nitrogen and oxygen atoms in total. The number of hydrogen-bond acceptors (Lipinski definition) is 3. The first kappa shape index (κ1) is 14.6. The van der Waals surface area contributed by atoms with Gasteiger partial charge in [0.25, 0.3) is 0 Å². The number of carbonyl (C=O) groups is 1. The average molecular weight is 416 g/mol. The maximum Gasteiger partial charge on any atom is 0.335 e. The van der Waals surface area contributed by atoms with Gasteiger partial charge in [0, 0.05) is 6.04 Å². The molecule has 1 aromatic carbocycles. The minimum atomic E-state index is -0.977. The van der Waals surface area contributed by atoms with Gasteiger partial charge in [-0.25, -0.2) is 9.78 Å². The van der Waals surface area contributed by atoms with Gasteiger partial charge in [-0.2, -0.15) is 0 Å². The van der Waals surface area contributed by atoms with E-state index in [1.54, 1.807) is 6.20 Å². The molecule has 1 aliphatic carbocycles. The van der Waals surface area contributed by atoms with Crippen molar-refractivity contribution in [2.75, 3.05) is 0 Å². The van der Waals surface area contributed by atoms with Crippen molar-refractivity contribution in [2.24, 2.45) is 0 Å². The van der Waals surface area contributed by atoms with Crippen LogP contribution in [0.4, 0.5) is 0 Å². The summed E-state index contributed by atoms with van der Waals surface area (Å²) < 4.78 is 9.16. The third kappa shape index (κ3) is 3.13. The molecule has 2 aromatic rings. The summed E-state index contributed by atoms with van der Waals surface area (Å²) in [6.45, 7) is 0.389. The molecule has 1 heterocycles. The van der Waals surface area contributed by atoms with Gasteiger partial charge in [-0.15, -0.1) is 0 Å². The molecule has 110 valence electrons. The van der Waals surface area contributed by atoms with Gasteiger partial charge in [0.15, 0.2) is 0 Å². The van der Waals surface area contributed by atoms with Crippen LogP contribution in [0.5, 0.6) is 5.75 Å². The summed E-state index contributed by atoms with van der Waals surface area (Å²) in [6, 6.07) is 3.61. The maximum absolute atomic E-state index is 11.0. The van der Waals surface area contributed by atoms with Crippen LogP contribution in [0.3, 0.4) is 0 Å². The molecule has 1 aromatic heterocycles. The summed E-state index contributed by atoms with van der Waals surface area (Å²) in [5.41, 5.74) is 1.21. The van der Waals surface area contributed by atoms with Crippen LogP contribution in [0.1, 0.15) is 34.9 Å². The number of ether oxygens (including phenoxy) is 1. The Morgan fingerprint density at radius 1 is 1.38 bits per heavy atom. The van der Waals surface area contributed by atoms with Gasteiger partial charge in [0.2, 0.25) is 0 Å². The average Bonchev–Trinajstić information content (AvgIpc) is 3.17. The molecule has 7 heteroatoms. The van der Waals surface area contributed by atoms with E-state index in [4.69, 9.17) is 9.84 Å². The zero-order valence-electron chi connectivity index (χ0n) is 10.9. The Morgan fingerprint density at radius 3 is 2.62 bits per heavy atom. The molecule has 1 saturated carbocycles. The first-order chi connectivity index (χ1) is 10.1. The number of nitrogens with zero attached hydrogens (tertiary/aromatic N) is 2. The van der Waals surface area contributed by atoms with Crippen LogP contribution in [-0.4, -0.2) is 20.6 Å². The fourth-order valence-corrected chi connectivity index (χ4v) is 3.51. The standard InChI is InChI=1S/C14H12Br2N2O3/c15-11-3-8(14(19)20)4-12(16)13(11)21-6-10-5-17-7-18(10)9-1-2-9/h3-5,7,9H,1-2,6H2,(H,19,20).